The molecule has 1 heterocycles. The van der Waals surface area contributed by atoms with Crippen LogP contribution < -0.4 is 5.32 Å². The Labute approximate surface area is 127 Å². The molecule has 0 atom stereocenters. The van der Waals surface area contributed by atoms with Gasteiger partial charge in [-0.3, -0.25) is 25.0 Å². The summed E-state index contributed by atoms with van der Waals surface area (Å²) in [4.78, 5) is 35.8. The first-order valence-electron chi connectivity index (χ1n) is 5.73. The van der Waals surface area contributed by atoms with Crippen LogP contribution in [0.4, 0.5) is 17.2 Å². The zero-order chi connectivity index (χ0) is 16.3. The first kappa shape index (κ1) is 15.3. The van der Waals surface area contributed by atoms with Gasteiger partial charge in [0.25, 0.3) is 17.3 Å². The van der Waals surface area contributed by atoms with Crippen LogP contribution in [-0.2, 0) is 0 Å². The highest BCUT2D eigenvalue weighted by atomic mass is 35.5. The van der Waals surface area contributed by atoms with Crippen molar-refractivity contribution in [3.8, 4) is 0 Å². The molecule has 2 aromatic rings. The molecule has 1 N–H and O–H groups in total. The standard InChI is InChI=1S/C12H7ClN4O5/c13-8-1-2-11(14-6-8)15-12(18)7-3-9(16(19)20)5-10(4-7)17(21)22/h1-6H,(H,14,15,18). The maximum atomic E-state index is 12.0. The van der Waals surface area contributed by atoms with Crippen molar-refractivity contribution < 1.29 is 14.6 Å². The summed E-state index contributed by atoms with van der Waals surface area (Å²) < 4.78 is 0. The van der Waals surface area contributed by atoms with E-state index in [9.17, 15) is 25.0 Å². The summed E-state index contributed by atoms with van der Waals surface area (Å²) in [5.74, 6) is -0.606. The Morgan fingerprint density at radius 2 is 1.68 bits per heavy atom. The molecule has 0 saturated carbocycles. The molecule has 10 heteroatoms. The maximum absolute atomic E-state index is 12.0. The summed E-state index contributed by atoms with van der Waals surface area (Å²) in [5.41, 5.74) is -1.33. The van der Waals surface area contributed by atoms with Crippen molar-refractivity contribution in [2.45, 2.75) is 0 Å². The third-order valence-electron chi connectivity index (χ3n) is 2.56. The van der Waals surface area contributed by atoms with Crippen molar-refractivity contribution in [3.63, 3.8) is 0 Å². The number of nitrogens with zero attached hydrogens (tertiary/aromatic N) is 3. The molecule has 0 unspecified atom stereocenters. The number of aromatic nitrogens is 1. The van der Waals surface area contributed by atoms with E-state index in [-0.39, 0.29) is 11.4 Å². The fourth-order valence-corrected chi connectivity index (χ4v) is 1.69. The second-order valence-corrected chi connectivity index (χ2v) is 4.50. The fraction of sp³-hybridized carbons (Fsp3) is 0. The van der Waals surface area contributed by atoms with Gasteiger partial charge in [0, 0.05) is 18.3 Å². The SMILES string of the molecule is O=C(Nc1ccc(Cl)cn1)c1cc([N+](=O)[O-])cc([N+](=O)[O-])c1. The first-order valence-corrected chi connectivity index (χ1v) is 6.11. The highest BCUT2D eigenvalue weighted by Crippen LogP contribution is 2.23. The van der Waals surface area contributed by atoms with Crippen LogP contribution >= 0.6 is 11.6 Å². The molecule has 1 aromatic heterocycles. The van der Waals surface area contributed by atoms with Crippen molar-refractivity contribution in [3.05, 3.63) is 67.3 Å². The number of nitro benzene ring substituents is 2. The Bertz CT molecular complexity index is 730. The normalized spacial score (nSPS) is 10.0. The predicted octanol–water partition coefficient (Wildman–Crippen LogP) is 2.80. The molecule has 9 nitrogen and oxygen atoms in total. The molecule has 0 radical (unpaired) electrons. The van der Waals surface area contributed by atoms with Gasteiger partial charge in [-0.1, -0.05) is 11.6 Å². The van der Waals surface area contributed by atoms with Crippen LogP contribution in [0.1, 0.15) is 10.4 Å². The number of nitrogens with one attached hydrogen (secondary N) is 1. The van der Waals surface area contributed by atoms with E-state index >= 15 is 0 Å². The van der Waals surface area contributed by atoms with E-state index in [4.69, 9.17) is 11.6 Å². The van der Waals surface area contributed by atoms with Crippen LogP contribution in [-0.4, -0.2) is 20.7 Å². The molecule has 1 amide bonds. The second-order valence-electron chi connectivity index (χ2n) is 4.07. The summed E-state index contributed by atoms with van der Waals surface area (Å²) in [7, 11) is 0. The monoisotopic (exact) mass is 322 g/mol. The van der Waals surface area contributed by atoms with Crippen LogP contribution in [0.2, 0.25) is 5.02 Å². The predicted molar refractivity (Wildman–Crippen MR) is 77.0 cm³/mol. The third kappa shape index (κ3) is 3.52. The molecule has 0 bridgehead atoms. The number of non-ortho nitro benzene ring substituents is 2. The number of amides is 1. The van der Waals surface area contributed by atoms with Gasteiger partial charge in [0.2, 0.25) is 0 Å². The summed E-state index contributed by atoms with van der Waals surface area (Å²) >= 11 is 5.65. The van der Waals surface area contributed by atoms with Crippen molar-refractivity contribution in [2.24, 2.45) is 0 Å². The number of benzene rings is 1. The number of rotatable bonds is 4. The van der Waals surface area contributed by atoms with Crippen molar-refractivity contribution in [2.75, 3.05) is 5.32 Å². The molecule has 112 valence electrons. The molecule has 2 rings (SSSR count). The highest BCUT2D eigenvalue weighted by Gasteiger charge is 2.20. The molecule has 0 saturated heterocycles. The topological polar surface area (TPSA) is 128 Å². The molecule has 1 aromatic carbocycles. The third-order valence-corrected chi connectivity index (χ3v) is 2.78. The van der Waals surface area contributed by atoms with Gasteiger partial charge in [0.1, 0.15) is 5.82 Å². The van der Waals surface area contributed by atoms with E-state index in [2.05, 4.69) is 10.3 Å². The molecular formula is C12H7ClN4O5. The van der Waals surface area contributed by atoms with E-state index in [1.165, 1.54) is 18.3 Å². The molecule has 0 aliphatic rings. The molecule has 0 aliphatic carbocycles. The van der Waals surface area contributed by atoms with Gasteiger partial charge in [0.05, 0.1) is 26.5 Å². The zero-order valence-electron chi connectivity index (χ0n) is 10.7. The Morgan fingerprint density at radius 1 is 1.09 bits per heavy atom. The van der Waals surface area contributed by atoms with E-state index in [1.807, 2.05) is 0 Å². The largest absolute Gasteiger partial charge is 0.307 e. The fourth-order valence-electron chi connectivity index (χ4n) is 1.58. The van der Waals surface area contributed by atoms with Crippen molar-refractivity contribution >= 4 is 34.7 Å². The van der Waals surface area contributed by atoms with Crippen molar-refractivity contribution in [1.82, 2.24) is 4.98 Å². The number of carbonyl (C=O) groups excluding carboxylic acids is 1. The van der Waals surface area contributed by atoms with Crippen LogP contribution in [0.5, 0.6) is 0 Å². The lowest BCUT2D eigenvalue weighted by atomic mass is 10.1. The van der Waals surface area contributed by atoms with Gasteiger partial charge in [-0.15, -0.1) is 0 Å². The molecule has 22 heavy (non-hydrogen) atoms. The molecular weight excluding hydrogens is 316 g/mol. The van der Waals surface area contributed by atoms with Gasteiger partial charge >= 0.3 is 0 Å². The summed E-state index contributed by atoms with van der Waals surface area (Å²) in [6.45, 7) is 0. The average Bonchev–Trinajstić information content (AvgIpc) is 2.49. The van der Waals surface area contributed by atoms with E-state index in [0.29, 0.717) is 5.02 Å². The maximum Gasteiger partial charge on any atom is 0.277 e. The number of hydrogen-bond acceptors (Lipinski definition) is 6. The zero-order valence-corrected chi connectivity index (χ0v) is 11.5. The Kier molecular flexibility index (Phi) is 4.28. The number of halogens is 1. The lowest BCUT2D eigenvalue weighted by Gasteiger charge is -2.04. The average molecular weight is 323 g/mol. The minimum absolute atomic E-state index is 0.156. The lowest BCUT2D eigenvalue weighted by molar-refractivity contribution is -0.394. The summed E-state index contributed by atoms with van der Waals surface area (Å²) in [6.07, 6.45) is 1.30. The lowest BCUT2D eigenvalue weighted by Crippen LogP contribution is -2.13. The van der Waals surface area contributed by atoms with E-state index in [0.717, 1.165) is 18.2 Å². The highest BCUT2D eigenvalue weighted by molar-refractivity contribution is 6.30. The van der Waals surface area contributed by atoms with Gasteiger partial charge in [-0.2, -0.15) is 0 Å². The summed E-state index contributed by atoms with van der Waals surface area (Å²) in [5, 5.41) is 24.3. The van der Waals surface area contributed by atoms with Gasteiger partial charge in [-0.25, -0.2) is 4.98 Å². The van der Waals surface area contributed by atoms with Gasteiger partial charge < -0.3 is 5.32 Å². The van der Waals surface area contributed by atoms with Crippen LogP contribution in [0.3, 0.4) is 0 Å². The Hall–Kier alpha value is -3.07. The number of hydrogen-bond donors (Lipinski definition) is 1. The smallest absolute Gasteiger partial charge is 0.277 e. The van der Waals surface area contributed by atoms with Crippen LogP contribution in [0.25, 0.3) is 0 Å². The molecule has 0 aliphatic heterocycles. The number of anilines is 1. The Balaban J connectivity index is 2.34. The van der Waals surface area contributed by atoms with E-state index in [1.54, 1.807) is 0 Å². The number of carbonyl (C=O) groups is 1. The number of pyridine rings is 1. The van der Waals surface area contributed by atoms with Crippen LogP contribution in [0, 0.1) is 20.2 Å². The minimum Gasteiger partial charge on any atom is -0.307 e. The van der Waals surface area contributed by atoms with Gasteiger partial charge in [0.15, 0.2) is 0 Å². The Morgan fingerprint density at radius 3 is 2.14 bits per heavy atom. The van der Waals surface area contributed by atoms with Crippen molar-refractivity contribution in [1.29, 1.82) is 0 Å². The molecule has 0 spiro atoms. The van der Waals surface area contributed by atoms with Crippen LogP contribution in [0.15, 0.2) is 36.5 Å². The summed E-state index contributed by atoms with van der Waals surface area (Å²) in [6, 6.07) is 5.57. The van der Waals surface area contributed by atoms with Gasteiger partial charge in [-0.05, 0) is 12.1 Å². The van der Waals surface area contributed by atoms with E-state index < -0.39 is 27.1 Å². The number of nitro groups is 2. The minimum atomic E-state index is -0.815. The second kappa shape index (κ2) is 6.14. The first-order chi connectivity index (χ1) is 10.4. The molecule has 0 fully saturated rings. The quantitative estimate of drug-likeness (QED) is 0.680.